The second kappa shape index (κ2) is 3.05. The van der Waals surface area contributed by atoms with E-state index in [1.54, 1.807) is 29.5 Å². The van der Waals surface area contributed by atoms with Gasteiger partial charge >= 0.3 is 0 Å². The Kier molecular flexibility index (Phi) is 1.71. The highest BCUT2D eigenvalue weighted by Crippen LogP contribution is 2.43. The molecule has 1 aliphatic carbocycles. The molecule has 0 amide bonds. The summed E-state index contributed by atoms with van der Waals surface area (Å²) >= 11 is 0. The van der Waals surface area contributed by atoms with Gasteiger partial charge in [-0.2, -0.15) is 5.10 Å². The fraction of sp³-hybridized carbons (Fsp3) is 0.300. The van der Waals surface area contributed by atoms with Crippen molar-refractivity contribution in [2.75, 3.05) is 5.73 Å². The van der Waals surface area contributed by atoms with Gasteiger partial charge in [0, 0.05) is 18.3 Å². The van der Waals surface area contributed by atoms with E-state index < -0.39 is 0 Å². The summed E-state index contributed by atoms with van der Waals surface area (Å²) in [7, 11) is 0. The van der Waals surface area contributed by atoms with E-state index in [0.717, 1.165) is 17.2 Å². The highest BCUT2D eigenvalue weighted by atomic mass is 15.3. The molecule has 5 nitrogen and oxygen atoms in total. The van der Waals surface area contributed by atoms with Crippen molar-refractivity contribution in [1.29, 1.82) is 0 Å². The molecule has 2 aromatic heterocycles. The van der Waals surface area contributed by atoms with Crippen molar-refractivity contribution in [3.8, 4) is 5.82 Å². The lowest BCUT2D eigenvalue weighted by atomic mass is 10.2. The minimum atomic E-state index is 0.550. The maximum absolute atomic E-state index is 5.89. The summed E-state index contributed by atoms with van der Waals surface area (Å²) in [4.78, 5) is 8.24. The maximum atomic E-state index is 5.89. The monoisotopic (exact) mass is 201 g/mol. The maximum Gasteiger partial charge on any atom is 0.172 e. The Morgan fingerprint density at radius 1 is 1.27 bits per heavy atom. The molecule has 2 aromatic rings. The molecule has 2 heterocycles. The smallest absolute Gasteiger partial charge is 0.172 e. The van der Waals surface area contributed by atoms with E-state index in [9.17, 15) is 0 Å². The average molecular weight is 201 g/mol. The SMILES string of the molecule is Nc1cnn(-c2cnccn2)c1C1CC1. The first-order valence-electron chi connectivity index (χ1n) is 4.96. The van der Waals surface area contributed by atoms with Gasteiger partial charge in [0.25, 0.3) is 0 Å². The number of rotatable bonds is 2. The van der Waals surface area contributed by atoms with Gasteiger partial charge in [-0.05, 0) is 12.8 Å². The quantitative estimate of drug-likeness (QED) is 0.790. The molecule has 0 radical (unpaired) electrons. The van der Waals surface area contributed by atoms with Crippen LogP contribution in [0, 0.1) is 0 Å². The number of hydrogen-bond acceptors (Lipinski definition) is 4. The third-order valence-electron chi connectivity index (χ3n) is 2.57. The number of nitrogens with zero attached hydrogens (tertiary/aromatic N) is 4. The van der Waals surface area contributed by atoms with Gasteiger partial charge in [-0.25, -0.2) is 9.67 Å². The molecule has 3 rings (SSSR count). The summed E-state index contributed by atoms with van der Waals surface area (Å²) in [6, 6.07) is 0. The first-order chi connectivity index (χ1) is 7.36. The third-order valence-corrected chi connectivity index (χ3v) is 2.57. The van der Waals surface area contributed by atoms with Crippen molar-refractivity contribution >= 4 is 5.69 Å². The van der Waals surface area contributed by atoms with Gasteiger partial charge in [-0.1, -0.05) is 0 Å². The van der Waals surface area contributed by atoms with E-state index in [-0.39, 0.29) is 0 Å². The van der Waals surface area contributed by atoms with Crippen molar-refractivity contribution in [2.45, 2.75) is 18.8 Å². The first kappa shape index (κ1) is 8.40. The topological polar surface area (TPSA) is 69.6 Å². The third kappa shape index (κ3) is 1.36. The Labute approximate surface area is 87.0 Å². The van der Waals surface area contributed by atoms with Crippen LogP contribution in [0.5, 0.6) is 0 Å². The van der Waals surface area contributed by atoms with Crippen molar-refractivity contribution in [3.05, 3.63) is 30.5 Å². The molecule has 0 aromatic carbocycles. The van der Waals surface area contributed by atoms with Crippen molar-refractivity contribution in [1.82, 2.24) is 19.7 Å². The molecular formula is C10H11N5. The molecule has 0 bridgehead atoms. The number of nitrogen functional groups attached to an aromatic ring is 1. The van der Waals surface area contributed by atoms with E-state index >= 15 is 0 Å². The molecule has 0 atom stereocenters. The fourth-order valence-corrected chi connectivity index (χ4v) is 1.72. The highest BCUT2D eigenvalue weighted by molar-refractivity contribution is 5.47. The lowest BCUT2D eigenvalue weighted by molar-refractivity contribution is 0.779. The zero-order valence-corrected chi connectivity index (χ0v) is 8.17. The van der Waals surface area contributed by atoms with Crippen LogP contribution >= 0.6 is 0 Å². The summed E-state index contributed by atoms with van der Waals surface area (Å²) < 4.78 is 1.79. The molecule has 1 fully saturated rings. The molecule has 0 saturated heterocycles. The summed E-state index contributed by atoms with van der Waals surface area (Å²) in [6.45, 7) is 0. The predicted octanol–water partition coefficient (Wildman–Crippen LogP) is 1.12. The van der Waals surface area contributed by atoms with Crippen LogP contribution in [0.3, 0.4) is 0 Å². The van der Waals surface area contributed by atoms with Gasteiger partial charge in [0.2, 0.25) is 0 Å². The van der Waals surface area contributed by atoms with Crippen LogP contribution in [-0.2, 0) is 0 Å². The van der Waals surface area contributed by atoms with Gasteiger partial charge in [0.05, 0.1) is 23.8 Å². The van der Waals surface area contributed by atoms with Crippen LogP contribution in [0.2, 0.25) is 0 Å². The first-order valence-corrected chi connectivity index (χ1v) is 4.96. The Balaban J connectivity index is 2.12. The minimum absolute atomic E-state index is 0.550. The van der Waals surface area contributed by atoms with Gasteiger partial charge in [-0.3, -0.25) is 4.98 Å². The zero-order chi connectivity index (χ0) is 10.3. The van der Waals surface area contributed by atoms with Crippen LogP contribution in [0.1, 0.15) is 24.5 Å². The molecule has 5 heteroatoms. The normalized spacial score (nSPS) is 15.5. The highest BCUT2D eigenvalue weighted by Gasteiger charge is 2.30. The molecule has 1 saturated carbocycles. The molecule has 1 aliphatic rings. The Morgan fingerprint density at radius 3 is 2.80 bits per heavy atom. The van der Waals surface area contributed by atoms with Gasteiger partial charge < -0.3 is 5.73 Å². The largest absolute Gasteiger partial charge is 0.396 e. The van der Waals surface area contributed by atoms with Crippen LogP contribution < -0.4 is 5.73 Å². The molecule has 15 heavy (non-hydrogen) atoms. The minimum Gasteiger partial charge on any atom is -0.396 e. The van der Waals surface area contributed by atoms with Crippen LogP contribution in [0.15, 0.2) is 24.8 Å². The Bertz CT molecular complexity index is 472. The number of aromatic nitrogens is 4. The summed E-state index contributed by atoms with van der Waals surface area (Å²) in [5, 5.41) is 4.24. The van der Waals surface area contributed by atoms with E-state index in [1.165, 1.54) is 12.8 Å². The Morgan fingerprint density at radius 2 is 2.13 bits per heavy atom. The van der Waals surface area contributed by atoms with Crippen LogP contribution in [0.25, 0.3) is 5.82 Å². The van der Waals surface area contributed by atoms with Crippen molar-refractivity contribution in [3.63, 3.8) is 0 Å². The predicted molar refractivity (Wildman–Crippen MR) is 55.5 cm³/mol. The zero-order valence-electron chi connectivity index (χ0n) is 8.17. The van der Waals surface area contributed by atoms with E-state index in [1.807, 2.05) is 0 Å². The lowest BCUT2D eigenvalue weighted by Crippen LogP contribution is -2.04. The van der Waals surface area contributed by atoms with Gasteiger partial charge in [0.15, 0.2) is 5.82 Å². The van der Waals surface area contributed by atoms with Gasteiger partial charge in [0.1, 0.15) is 0 Å². The summed E-state index contributed by atoms with van der Waals surface area (Å²) in [5.74, 6) is 1.28. The number of nitrogens with two attached hydrogens (primary N) is 1. The average Bonchev–Trinajstić information content (AvgIpc) is 3.03. The Hall–Kier alpha value is -1.91. The summed E-state index contributed by atoms with van der Waals surface area (Å²) in [6.07, 6.45) is 9.06. The summed E-state index contributed by atoms with van der Waals surface area (Å²) in [5.41, 5.74) is 7.72. The second-order valence-electron chi connectivity index (χ2n) is 3.73. The number of hydrogen-bond donors (Lipinski definition) is 1. The van der Waals surface area contributed by atoms with Crippen molar-refractivity contribution in [2.24, 2.45) is 0 Å². The molecule has 76 valence electrons. The molecule has 0 unspecified atom stereocenters. The van der Waals surface area contributed by atoms with Crippen LogP contribution in [0.4, 0.5) is 5.69 Å². The van der Waals surface area contributed by atoms with Crippen LogP contribution in [-0.4, -0.2) is 19.7 Å². The lowest BCUT2D eigenvalue weighted by Gasteiger charge is -2.04. The second-order valence-corrected chi connectivity index (χ2v) is 3.73. The van der Waals surface area contributed by atoms with E-state index in [0.29, 0.717) is 5.92 Å². The fourth-order valence-electron chi connectivity index (χ4n) is 1.72. The van der Waals surface area contributed by atoms with Crippen molar-refractivity contribution < 1.29 is 0 Å². The standard InChI is InChI=1S/C10H11N5/c11-8-5-14-15(10(8)7-1-2-7)9-6-12-3-4-13-9/h3-7H,1-2,11H2. The molecule has 2 N–H and O–H groups in total. The van der Waals surface area contributed by atoms with Gasteiger partial charge in [-0.15, -0.1) is 0 Å². The molecule has 0 spiro atoms. The van der Waals surface area contributed by atoms with E-state index in [4.69, 9.17) is 5.73 Å². The number of anilines is 1. The van der Waals surface area contributed by atoms with E-state index in [2.05, 4.69) is 15.1 Å². The molecule has 0 aliphatic heterocycles. The molecular weight excluding hydrogens is 190 g/mol.